The van der Waals surface area contributed by atoms with Crippen LogP contribution in [0, 0.1) is 12.7 Å². The number of thiol groups is 1. The van der Waals surface area contributed by atoms with Gasteiger partial charge in [0.1, 0.15) is 5.82 Å². The van der Waals surface area contributed by atoms with Gasteiger partial charge < -0.3 is 4.90 Å². The molecule has 0 unspecified atom stereocenters. The third kappa shape index (κ3) is 3.67. The SMILES string of the molecule is Cc1cc(Cl)c(CN(C)CCS)cc1F. The van der Waals surface area contributed by atoms with Gasteiger partial charge in [-0.05, 0) is 37.2 Å². The molecule has 0 atom stereocenters. The Morgan fingerprint density at radius 3 is 2.73 bits per heavy atom. The third-order valence-corrected chi connectivity index (χ3v) is 2.80. The molecular weight excluding hydrogens is 233 g/mol. The molecule has 15 heavy (non-hydrogen) atoms. The zero-order valence-corrected chi connectivity index (χ0v) is 10.6. The molecule has 0 saturated heterocycles. The van der Waals surface area contributed by atoms with E-state index in [0.29, 0.717) is 17.1 Å². The van der Waals surface area contributed by atoms with Gasteiger partial charge in [0.2, 0.25) is 0 Å². The van der Waals surface area contributed by atoms with Gasteiger partial charge in [-0.15, -0.1) is 0 Å². The normalized spacial score (nSPS) is 11.1. The van der Waals surface area contributed by atoms with Crippen LogP contribution in [0.1, 0.15) is 11.1 Å². The lowest BCUT2D eigenvalue weighted by atomic mass is 10.1. The van der Waals surface area contributed by atoms with Gasteiger partial charge in [0.15, 0.2) is 0 Å². The van der Waals surface area contributed by atoms with Crippen molar-refractivity contribution in [2.24, 2.45) is 0 Å². The minimum atomic E-state index is -0.200. The van der Waals surface area contributed by atoms with Crippen molar-refractivity contribution >= 4 is 24.2 Å². The fraction of sp³-hybridized carbons (Fsp3) is 0.455. The average molecular weight is 248 g/mol. The van der Waals surface area contributed by atoms with Gasteiger partial charge >= 0.3 is 0 Å². The van der Waals surface area contributed by atoms with E-state index in [0.717, 1.165) is 17.9 Å². The molecule has 0 aliphatic carbocycles. The maximum Gasteiger partial charge on any atom is 0.126 e. The molecule has 84 valence electrons. The summed E-state index contributed by atoms with van der Waals surface area (Å²) in [5, 5.41) is 0.625. The van der Waals surface area contributed by atoms with Crippen LogP contribution in [0.25, 0.3) is 0 Å². The van der Waals surface area contributed by atoms with Gasteiger partial charge in [-0.25, -0.2) is 4.39 Å². The summed E-state index contributed by atoms with van der Waals surface area (Å²) in [6, 6.07) is 3.17. The van der Waals surface area contributed by atoms with Crippen molar-refractivity contribution in [1.82, 2.24) is 4.90 Å². The van der Waals surface area contributed by atoms with E-state index in [9.17, 15) is 4.39 Å². The summed E-state index contributed by atoms with van der Waals surface area (Å²) in [7, 11) is 1.96. The number of nitrogens with zero attached hydrogens (tertiary/aromatic N) is 1. The smallest absolute Gasteiger partial charge is 0.126 e. The summed E-state index contributed by atoms with van der Waals surface area (Å²) in [5.74, 6) is 0.580. The summed E-state index contributed by atoms with van der Waals surface area (Å²) in [5.41, 5.74) is 1.41. The van der Waals surface area contributed by atoms with Gasteiger partial charge in [0.05, 0.1) is 0 Å². The quantitative estimate of drug-likeness (QED) is 0.800. The Kier molecular flexibility index (Phi) is 4.90. The van der Waals surface area contributed by atoms with Crippen LogP contribution >= 0.6 is 24.2 Å². The second-order valence-corrected chi connectivity index (χ2v) is 4.51. The van der Waals surface area contributed by atoms with E-state index in [1.807, 2.05) is 7.05 Å². The Labute approximate surface area is 101 Å². The predicted molar refractivity (Wildman–Crippen MR) is 66.3 cm³/mol. The second-order valence-electron chi connectivity index (χ2n) is 3.65. The minimum Gasteiger partial charge on any atom is -0.301 e. The van der Waals surface area contributed by atoms with Crippen LogP contribution in [0.4, 0.5) is 4.39 Å². The molecular formula is C11H15ClFNS. The summed E-state index contributed by atoms with van der Waals surface area (Å²) in [4.78, 5) is 2.06. The van der Waals surface area contributed by atoms with E-state index >= 15 is 0 Å². The first-order chi connectivity index (χ1) is 7.04. The summed E-state index contributed by atoms with van der Waals surface area (Å²) >= 11 is 10.2. The molecule has 0 aliphatic rings. The Morgan fingerprint density at radius 1 is 1.47 bits per heavy atom. The van der Waals surface area contributed by atoms with E-state index in [4.69, 9.17) is 11.6 Å². The van der Waals surface area contributed by atoms with Gasteiger partial charge in [-0.2, -0.15) is 12.6 Å². The fourth-order valence-electron chi connectivity index (χ4n) is 1.35. The molecule has 0 saturated carbocycles. The topological polar surface area (TPSA) is 3.24 Å². The van der Waals surface area contributed by atoms with Crippen molar-refractivity contribution in [2.75, 3.05) is 19.3 Å². The van der Waals surface area contributed by atoms with Crippen LogP contribution < -0.4 is 0 Å². The van der Waals surface area contributed by atoms with Gasteiger partial charge in [0, 0.05) is 23.9 Å². The molecule has 0 aliphatic heterocycles. The van der Waals surface area contributed by atoms with Gasteiger partial charge in [-0.3, -0.25) is 0 Å². The van der Waals surface area contributed by atoms with Crippen LogP contribution in [0.2, 0.25) is 5.02 Å². The molecule has 4 heteroatoms. The summed E-state index contributed by atoms with van der Waals surface area (Å²) < 4.78 is 13.3. The third-order valence-electron chi connectivity index (χ3n) is 2.25. The molecule has 0 aromatic heterocycles. The highest BCUT2D eigenvalue weighted by atomic mass is 35.5. The Hall–Kier alpha value is -0.250. The molecule has 0 radical (unpaired) electrons. The van der Waals surface area contributed by atoms with E-state index in [1.165, 1.54) is 6.07 Å². The first-order valence-electron chi connectivity index (χ1n) is 4.78. The number of aryl methyl sites for hydroxylation is 1. The lowest BCUT2D eigenvalue weighted by Gasteiger charge is -2.16. The lowest BCUT2D eigenvalue weighted by molar-refractivity contribution is 0.348. The first kappa shape index (κ1) is 12.8. The summed E-state index contributed by atoms with van der Waals surface area (Å²) in [6.07, 6.45) is 0. The Bertz CT molecular complexity index is 344. The zero-order chi connectivity index (χ0) is 11.4. The number of halogens is 2. The molecule has 0 fully saturated rings. The molecule has 0 spiro atoms. The van der Waals surface area contributed by atoms with Crippen LogP contribution in [-0.4, -0.2) is 24.2 Å². The van der Waals surface area contributed by atoms with E-state index in [1.54, 1.807) is 13.0 Å². The molecule has 0 amide bonds. The molecule has 1 aromatic rings. The zero-order valence-electron chi connectivity index (χ0n) is 8.93. The molecule has 1 nitrogen and oxygen atoms in total. The first-order valence-corrected chi connectivity index (χ1v) is 5.79. The molecule has 0 N–H and O–H groups in total. The lowest BCUT2D eigenvalue weighted by Crippen LogP contribution is -2.20. The van der Waals surface area contributed by atoms with Crippen molar-refractivity contribution in [1.29, 1.82) is 0 Å². The predicted octanol–water partition coefficient (Wildman–Crippen LogP) is 3.15. The maximum atomic E-state index is 13.3. The highest BCUT2D eigenvalue weighted by Gasteiger charge is 2.07. The van der Waals surface area contributed by atoms with E-state index in [2.05, 4.69) is 17.5 Å². The average Bonchev–Trinajstić information content (AvgIpc) is 2.14. The number of hydrogen-bond acceptors (Lipinski definition) is 2. The highest BCUT2D eigenvalue weighted by Crippen LogP contribution is 2.21. The highest BCUT2D eigenvalue weighted by molar-refractivity contribution is 7.80. The monoisotopic (exact) mass is 247 g/mol. The largest absolute Gasteiger partial charge is 0.301 e. The fourth-order valence-corrected chi connectivity index (χ4v) is 1.97. The number of benzene rings is 1. The maximum absolute atomic E-state index is 13.3. The van der Waals surface area contributed by atoms with Crippen LogP contribution in [0.15, 0.2) is 12.1 Å². The Balaban J connectivity index is 2.81. The van der Waals surface area contributed by atoms with Crippen molar-refractivity contribution < 1.29 is 4.39 Å². The molecule has 0 bridgehead atoms. The standard InChI is InChI=1S/C11H15ClFNS/c1-8-5-10(12)9(6-11(8)13)7-14(2)3-4-15/h5-6,15H,3-4,7H2,1-2H3. The van der Waals surface area contributed by atoms with Crippen molar-refractivity contribution in [3.63, 3.8) is 0 Å². The van der Waals surface area contributed by atoms with Gasteiger partial charge in [0.25, 0.3) is 0 Å². The van der Waals surface area contributed by atoms with Crippen LogP contribution in [0.5, 0.6) is 0 Å². The number of rotatable bonds is 4. The number of hydrogen-bond donors (Lipinski definition) is 1. The van der Waals surface area contributed by atoms with Crippen LogP contribution in [-0.2, 0) is 6.54 Å². The second kappa shape index (κ2) is 5.73. The molecule has 1 rings (SSSR count). The Morgan fingerprint density at radius 2 is 2.13 bits per heavy atom. The van der Waals surface area contributed by atoms with Gasteiger partial charge in [-0.1, -0.05) is 11.6 Å². The summed E-state index contributed by atoms with van der Waals surface area (Å²) in [6.45, 7) is 3.22. The molecule has 0 heterocycles. The van der Waals surface area contributed by atoms with E-state index in [-0.39, 0.29) is 5.82 Å². The van der Waals surface area contributed by atoms with Crippen molar-refractivity contribution in [3.05, 3.63) is 34.1 Å². The van der Waals surface area contributed by atoms with Crippen LogP contribution in [0.3, 0.4) is 0 Å². The molecule has 1 aromatic carbocycles. The van der Waals surface area contributed by atoms with E-state index < -0.39 is 0 Å². The van der Waals surface area contributed by atoms with Crippen molar-refractivity contribution in [3.8, 4) is 0 Å². The van der Waals surface area contributed by atoms with Crippen molar-refractivity contribution in [2.45, 2.75) is 13.5 Å². The minimum absolute atomic E-state index is 0.200.